The van der Waals surface area contributed by atoms with Crippen LogP contribution in [0.25, 0.3) is 0 Å². The standard InChI is InChI=1S/C8H17NO5S/c1-7(6-14-3)15(12,13)9(2)5-4-8(10)11/h7H,4-6H2,1-3H3,(H,10,11). The molecule has 0 spiro atoms. The van der Waals surface area contributed by atoms with Gasteiger partial charge in [-0.05, 0) is 6.92 Å². The third kappa shape index (κ3) is 4.59. The SMILES string of the molecule is COCC(C)S(=O)(=O)N(C)CCC(=O)O. The van der Waals surface area contributed by atoms with E-state index in [1.807, 2.05) is 0 Å². The summed E-state index contributed by atoms with van der Waals surface area (Å²) in [7, 11) is -0.666. The van der Waals surface area contributed by atoms with E-state index in [0.29, 0.717) is 0 Å². The van der Waals surface area contributed by atoms with E-state index in [0.717, 1.165) is 4.31 Å². The van der Waals surface area contributed by atoms with E-state index in [2.05, 4.69) is 0 Å². The lowest BCUT2D eigenvalue weighted by molar-refractivity contribution is -0.137. The van der Waals surface area contributed by atoms with Crippen LogP contribution in [0.5, 0.6) is 0 Å². The summed E-state index contributed by atoms with van der Waals surface area (Å²) in [5, 5.41) is 7.76. The van der Waals surface area contributed by atoms with Gasteiger partial charge in [-0.3, -0.25) is 4.79 Å². The van der Waals surface area contributed by atoms with Gasteiger partial charge in [-0.15, -0.1) is 0 Å². The molecule has 0 amide bonds. The number of hydrogen-bond acceptors (Lipinski definition) is 4. The lowest BCUT2D eigenvalue weighted by Gasteiger charge is -2.20. The topological polar surface area (TPSA) is 83.9 Å². The summed E-state index contributed by atoms with van der Waals surface area (Å²) in [5.74, 6) is -1.02. The molecule has 0 aliphatic rings. The first-order chi connectivity index (χ1) is 6.82. The van der Waals surface area contributed by atoms with Crippen LogP contribution in [0, 0.1) is 0 Å². The molecule has 0 heterocycles. The van der Waals surface area contributed by atoms with Crippen LogP contribution in [-0.4, -0.2) is 56.4 Å². The minimum absolute atomic E-state index is 0.0221. The molecule has 0 saturated heterocycles. The van der Waals surface area contributed by atoms with Crippen molar-refractivity contribution >= 4 is 16.0 Å². The van der Waals surface area contributed by atoms with Gasteiger partial charge in [0.2, 0.25) is 10.0 Å². The zero-order chi connectivity index (χ0) is 12.1. The van der Waals surface area contributed by atoms with E-state index >= 15 is 0 Å². The van der Waals surface area contributed by atoms with Crippen LogP contribution in [-0.2, 0) is 19.6 Å². The molecule has 0 aromatic heterocycles. The van der Waals surface area contributed by atoms with Gasteiger partial charge in [0.25, 0.3) is 0 Å². The molecule has 0 aromatic carbocycles. The second-order valence-corrected chi connectivity index (χ2v) is 5.73. The number of hydrogen-bond donors (Lipinski definition) is 1. The summed E-state index contributed by atoms with van der Waals surface area (Å²) in [6.45, 7) is 1.60. The number of rotatable bonds is 7. The van der Waals surface area contributed by atoms with E-state index in [1.54, 1.807) is 0 Å². The fraction of sp³-hybridized carbons (Fsp3) is 0.875. The van der Waals surface area contributed by atoms with E-state index < -0.39 is 21.2 Å². The number of sulfonamides is 1. The van der Waals surface area contributed by atoms with Crippen molar-refractivity contribution in [2.45, 2.75) is 18.6 Å². The molecule has 0 fully saturated rings. The van der Waals surface area contributed by atoms with Gasteiger partial charge < -0.3 is 9.84 Å². The van der Waals surface area contributed by atoms with Gasteiger partial charge in [-0.2, -0.15) is 0 Å². The van der Waals surface area contributed by atoms with Gasteiger partial charge in [0, 0.05) is 20.7 Å². The Morgan fingerprint density at radius 1 is 1.53 bits per heavy atom. The summed E-state index contributed by atoms with van der Waals surface area (Å²) in [5.41, 5.74) is 0. The second-order valence-electron chi connectivity index (χ2n) is 3.28. The average Bonchev–Trinajstić information content (AvgIpc) is 2.14. The molecular formula is C8H17NO5S. The van der Waals surface area contributed by atoms with Crippen molar-refractivity contribution in [3.05, 3.63) is 0 Å². The fourth-order valence-corrected chi connectivity index (χ4v) is 2.28. The molecule has 6 nitrogen and oxygen atoms in total. The summed E-state index contributed by atoms with van der Waals surface area (Å²) in [6.07, 6.45) is -0.199. The largest absolute Gasteiger partial charge is 0.481 e. The number of carboxylic acids is 1. The molecule has 15 heavy (non-hydrogen) atoms. The Labute approximate surface area is 89.9 Å². The molecule has 0 radical (unpaired) electrons. The van der Waals surface area contributed by atoms with E-state index in [-0.39, 0.29) is 19.6 Å². The Kier molecular flexibility index (Phi) is 5.77. The highest BCUT2D eigenvalue weighted by Gasteiger charge is 2.25. The Bertz CT molecular complexity index is 300. The molecule has 90 valence electrons. The minimum atomic E-state index is -3.45. The Balaban J connectivity index is 4.38. The number of carboxylic acid groups (broad SMARTS) is 1. The molecular weight excluding hydrogens is 222 g/mol. The first-order valence-corrected chi connectivity index (χ1v) is 5.98. The number of ether oxygens (including phenoxy) is 1. The molecule has 1 N–H and O–H groups in total. The van der Waals surface area contributed by atoms with Crippen molar-refractivity contribution in [2.75, 3.05) is 27.3 Å². The summed E-state index contributed by atoms with van der Waals surface area (Å²) < 4.78 is 29.2. The van der Waals surface area contributed by atoms with Gasteiger partial charge in [-0.25, -0.2) is 12.7 Å². The van der Waals surface area contributed by atoms with E-state index in [4.69, 9.17) is 9.84 Å². The van der Waals surface area contributed by atoms with Crippen LogP contribution in [0.3, 0.4) is 0 Å². The number of nitrogens with zero attached hydrogens (tertiary/aromatic N) is 1. The smallest absolute Gasteiger partial charge is 0.304 e. The lowest BCUT2D eigenvalue weighted by Crippen LogP contribution is -2.37. The number of aliphatic carboxylic acids is 1. The van der Waals surface area contributed by atoms with Crippen LogP contribution in [0.15, 0.2) is 0 Å². The van der Waals surface area contributed by atoms with E-state index in [1.165, 1.54) is 21.1 Å². The van der Waals surface area contributed by atoms with E-state index in [9.17, 15) is 13.2 Å². The first-order valence-electron chi connectivity index (χ1n) is 4.48. The Morgan fingerprint density at radius 2 is 2.07 bits per heavy atom. The highest BCUT2D eigenvalue weighted by Crippen LogP contribution is 2.07. The molecule has 7 heteroatoms. The molecule has 0 aliphatic carbocycles. The molecule has 1 unspecified atom stereocenters. The van der Waals surface area contributed by atoms with Crippen LogP contribution in [0.2, 0.25) is 0 Å². The second kappa shape index (κ2) is 6.04. The molecule has 0 aromatic rings. The predicted molar refractivity (Wildman–Crippen MR) is 55.1 cm³/mol. The van der Waals surface area contributed by atoms with Crippen molar-refractivity contribution in [1.82, 2.24) is 4.31 Å². The summed E-state index contributed by atoms with van der Waals surface area (Å²) >= 11 is 0. The van der Waals surface area contributed by atoms with Crippen molar-refractivity contribution in [2.24, 2.45) is 0 Å². The Morgan fingerprint density at radius 3 is 2.47 bits per heavy atom. The lowest BCUT2D eigenvalue weighted by atomic mass is 10.4. The zero-order valence-electron chi connectivity index (χ0n) is 9.13. The maximum Gasteiger partial charge on any atom is 0.304 e. The van der Waals surface area contributed by atoms with Gasteiger partial charge in [0.05, 0.1) is 18.3 Å². The summed E-state index contributed by atoms with van der Waals surface area (Å²) in [6, 6.07) is 0. The highest BCUT2D eigenvalue weighted by atomic mass is 32.2. The molecule has 0 rings (SSSR count). The first kappa shape index (κ1) is 14.3. The van der Waals surface area contributed by atoms with Gasteiger partial charge in [-0.1, -0.05) is 0 Å². The zero-order valence-corrected chi connectivity index (χ0v) is 9.95. The molecule has 0 saturated carbocycles. The van der Waals surface area contributed by atoms with Gasteiger partial charge in [0.1, 0.15) is 0 Å². The van der Waals surface area contributed by atoms with Crippen molar-refractivity contribution < 1.29 is 23.1 Å². The third-order valence-corrected chi connectivity index (χ3v) is 4.19. The third-order valence-electron chi connectivity index (χ3n) is 1.98. The maximum absolute atomic E-state index is 11.7. The molecule has 1 atom stereocenters. The van der Waals surface area contributed by atoms with Crippen molar-refractivity contribution in [3.8, 4) is 0 Å². The number of carbonyl (C=O) groups is 1. The fourth-order valence-electron chi connectivity index (χ4n) is 1.01. The van der Waals surface area contributed by atoms with Gasteiger partial charge >= 0.3 is 5.97 Å². The average molecular weight is 239 g/mol. The summed E-state index contributed by atoms with van der Waals surface area (Å²) in [4.78, 5) is 10.3. The van der Waals surface area contributed by atoms with Crippen LogP contribution < -0.4 is 0 Å². The predicted octanol–water partition coefficient (Wildman–Crippen LogP) is -0.242. The van der Waals surface area contributed by atoms with Crippen LogP contribution in [0.1, 0.15) is 13.3 Å². The van der Waals surface area contributed by atoms with Crippen molar-refractivity contribution in [1.29, 1.82) is 0 Å². The monoisotopic (exact) mass is 239 g/mol. The normalized spacial score (nSPS) is 14.1. The van der Waals surface area contributed by atoms with Crippen molar-refractivity contribution in [3.63, 3.8) is 0 Å². The maximum atomic E-state index is 11.7. The minimum Gasteiger partial charge on any atom is -0.481 e. The quantitative estimate of drug-likeness (QED) is 0.662. The highest BCUT2D eigenvalue weighted by molar-refractivity contribution is 7.89. The Hall–Kier alpha value is -0.660. The molecule has 0 aliphatic heterocycles. The van der Waals surface area contributed by atoms with Crippen LogP contribution in [0.4, 0.5) is 0 Å². The number of methoxy groups -OCH3 is 1. The van der Waals surface area contributed by atoms with Gasteiger partial charge in [0.15, 0.2) is 0 Å². The van der Waals surface area contributed by atoms with Crippen LogP contribution >= 0.6 is 0 Å². The molecule has 0 bridgehead atoms.